The van der Waals surface area contributed by atoms with Gasteiger partial charge < -0.3 is 14.8 Å². The van der Waals surface area contributed by atoms with Gasteiger partial charge in [-0.2, -0.15) is 0 Å². The van der Waals surface area contributed by atoms with Gasteiger partial charge in [0.1, 0.15) is 5.75 Å². The molecule has 0 saturated carbocycles. The molecule has 1 N–H and O–H groups in total. The normalized spacial score (nSPS) is 16.9. The standard InChI is InChI=1S/C23H30N2O3/c1-18(19-6-4-3-5-7-19)16-23(26)24-17-22(25-12-14-28-15-13-25)20-8-10-21(27-2)11-9-20/h3-11,18,22H,12-17H2,1-2H3,(H,24,26)/t18-,22-/m1/s1. The van der Waals surface area contributed by atoms with E-state index in [0.717, 1.165) is 32.1 Å². The largest absolute Gasteiger partial charge is 0.497 e. The highest BCUT2D eigenvalue weighted by molar-refractivity contribution is 5.76. The number of methoxy groups -OCH3 is 1. The van der Waals surface area contributed by atoms with E-state index < -0.39 is 0 Å². The monoisotopic (exact) mass is 382 g/mol. The fraction of sp³-hybridized carbons (Fsp3) is 0.435. The van der Waals surface area contributed by atoms with E-state index in [0.29, 0.717) is 13.0 Å². The molecule has 1 aliphatic rings. The zero-order valence-corrected chi connectivity index (χ0v) is 16.8. The Kier molecular flexibility index (Phi) is 7.46. The zero-order chi connectivity index (χ0) is 19.8. The van der Waals surface area contributed by atoms with Crippen molar-refractivity contribution in [2.45, 2.75) is 25.3 Å². The molecule has 1 saturated heterocycles. The van der Waals surface area contributed by atoms with Crippen LogP contribution in [0.15, 0.2) is 54.6 Å². The minimum absolute atomic E-state index is 0.0862. The third-order valence-electron chi connectivity index (χ3n) is 5.34. The molecule has 5 nitrogen and oxygen atoms in total. The van der Waals surface area contributed by atoms with E-state index >= 15 is 0 Å². The Balaban J connectivity index is 1.62. The minimum atomic E-state index is 0.0862. The smallest absolute Gasteiger partial charge is 0.220 e. The topological polar surface area (TPSA) is 50.8 Å². The summed E-state index contributed by atoms with van der Waals surface area (Å²) in [4.78, 5) is 15.0. The van der Waals surface area contributed by atoms with Crippen LogP contribution in [0.3, 0.4) is 0 Å². The number of nitrogens with zero attached hydrogens (tertiary/aromatic N) is 1. The third kappa shape index (κ3) is 5.57. The quantitative estimate of drug-likeness (QED) is 0.760. The Hall–Kier alpha value is -2.37. The molecule has 2 aromatic rings. The summed E-state index contributed by atoms with van der Waals surface area (Å²) in [7, 11) is 1.67. The number of carbonyl (C=O) groups excluding carboxylic acids is 1. The highest BCUT2D eigenvalue weighted by Gasteiger charge is 2.23. The predicted octanol–water partition coefficient (Wildman–Crippen LogP) is 3.38. The number of rotatable bonds is 8. The van der Waals surface area contributed by atoms with E-state index in [2.05, 4.69) is 41.4 Å². The maximum absolute atomic E-state index is 12.6. The van der Waals surface area contributed by atoms with E-state index in [1.54, 1.807) is 7.11 Å². The number of carbonyl (C=O) groups is 1. The molecule has 0 aliphatic carbocycles. The lowest BCUT2D eigenvalue weighted by Gasteiger charge is -2.35. The molecule has 150 valence electrons. The fourth-order valence-electron chi connectivity index (χ4n) is 3.63. The number of hydrogen-bond acceptors (Lipinski definition) is 4. The second-order valence-corrected chi connectivity index (χ2v) is 7.26. The van der Waals surface area contributed by atoms with E-state index in [4.69, 9.17) is 9.47 Å². The van der Waals surface area contributed by atoms with Gasteiger partial charge in [-0.25, -0.2) is 0 Å². The summed E-state index contributed by atoms with van der Waals surface area (Å²) in [5, 5.41) is 3.16. The zero-order valence-electron chi connectivity index (χ0n) is 16.8. The number of nitrogens with one attached hydrogen (secondary N) is 1. The molecule has 0 radical (unpaired) electrons. The van der Waals surface area contributed by atoms with Gasteiger partial charge in [-0.15, -0.1) is 0 Å². The first kappa shape index (κ1) is 20.4. The summed E-state index contributed by atoms with van der Waals surface area (Å²) in [5.41, 5.74) is 2.37. The summed E-state index contributed by atoms with van der Waals surface area (Å²) in [5.74, 6) is 1.12. The first-order chi connectivity index (χ1) is 13.7. The van der Waals surface area contributed by atoms with Gasteiger partial charge in [0.15, 0.2) is 0 Å². The Morgan fingerprint density at radius 3 is 2.39 bits per heavy atom. The SMILES string of the molecule is COc1ccc([C@@H](CNC(=O)C[C@@H](C)c2ccccc2)N2CCOCC2)cc1. The van der Waals surface area contributed by atoms with Gasteiger partial charge in [-0.3, -0.25) is 9.69 Å². The van der Waals surface area contributed by atoms with Crippen LogP contribution in [0.4, 0.5) is 0 Å². The summed E-state index contributed by atoms with van der Waals surface area (Å²) >= 11 is 0. The molecule has 0 unspecified atom stereocenters. The van der Waals surface area contributed by atoms with Crippen LogP contribution in [0, 0.1) is 0 Å². The van der Waals surface area contributed by atoms with Crippen LogP contribution in [-0.4, -0.2) is 50.8 Å². The van der Waals surface area contributed by atoms with Crippen molar-refractivity contribution in [3.8, 4) is 5.75 Å². The Morgan fingerprint density at radius 1 is 1.07 bits per heavy atom. The molecule has 28 heavy (non-hydrogen) atoms. The van der Waals surface area contributed by atoms with Gasteiger partial charge in [-0.1, -0.05) is 49.4 Å². The molecule has 1 amide bonds. The van der Waals surface area contributed by atoms with Crippen molar-refractivity contribution >= 4 is 5.91 Å². The van der Waals surface area contributed by atoms with Gasteiger partial charge in [0.2, 0.25) is 5.91 Å². The van der Waals surface area contributed by atoms with Crippen molar-refractivity contribution in [1.82, 2.24) is 10.2 Å². The maximum Gasteiger partial charge on any atom is 0.220 e. The summed E-state index contributed by atoms with van der Waals surface area (Å²) in [6, 6.07) is 18.4. The lowest BCUT2D eigenvalue weighted by molar-refractivity contribution is -0.121. The van der Waals surface area contributed by atoms with Gasteiger partial charge in [0.25, 0.3) is 0 Å². The molecule has 0 aromatic heterocycles. The average Bonchev–Trinajstić information content (AvgIpc) is 2.75. The lowest BCUT2D eigenvalue weighted by atomic mass is 9.97. The second-order valence-electron chi connectivity index (χ2n) is 7.26. The molecule has 3 rings (SSSR count). The van der Waals surface area contributed by atoms with Crippen molar-refractivity contribution in [2.75, 3.05) is 40.0 Å². The molecule has 2 atom stereocenters. The highest BCUT2D eigenvalue weighted by atomic mass is 16.5. The van der Waals surface area contributed by atoms with Crippen LogP contribution in [0.2, 0.25) is 0 Å². The highest BCUT2D eigenvalue weighted by Crippen LogP contribution is 2.24. The molecule has 1 heterocycles. The fourth-order valence-corrected chi connectivity index (χ4v) is 3.63. The van der Waals surface area contributed by atoms with Crippen molar-refractivity contribution in [3.05, 3.63) is 65.7 Å². The van der Waals surface area contributed by atoms with Crippen LogP contribution in [0.25, 0.3) is 0 Å². The van der Waals surface area contributed by atoms with E-state index in [9.17, 15) is 4.79 Å². The molecule has 1 aliphatic heterocycles. The van der Waals surface area contributed by atoms with E-state index in [-0.39, 0.29) is 17.9 Å². The van der Waals surface area contributed by atoms with Crippen molar-refractivity contribution < 1.29 is 14.3 Å². The van der Waals surface area contributed by atoms with Crippen molar-refractivity contribution in [1.29, 1.82) is 0 Å². The summed E-state index contributed by atoms with van der Waals surface area (Å²) < 4.78 is 10.8. The molecule has 2 aromatic carbocycles. The third-order valence-corrected chi connectivity index (χ3v) is 5.34. The van der Waals surface area contributed by atoms with Gasteiger partial charge in [-0.05, 0) is 29.2 Å². The van der Waals surface area contributed by atoms with Crippen LogP contribution in [0.1, 0.15) is 36.4 Å². The first-order valence-corrected chi connectivity index (χ1v) is 9.94. The molecular weight excluding hydrogens is 352 g/mol. The van der Waals surface area contributed by atoms with Crippen LogP contribution < -0.4 is 10.1 Å². The molecular formula is C23H30N2O3. The summed E-state index contributed by atoms with van der Waals surface area (Å²) in [6.45, 7) is 5.88. The number of ether oxygens (including phenoxy) is 2. The van der Waals surface area contributed by atoms with Crippen LogP contribution in [0.5, 0.6) is 5.75 Å². The van der Waals surface area contributed by atoms with Crippen molar-refractivity contribution in [2.24, 2.45) is 0 Å². The van der Waals surface area contributed by atoms with Crippen LogP contribution >= 0.6 is 0 Å². The molecule has 5 heteroatoms. The van der Waals surface area contributed by atoms with Crippen molar-refractivity contribution in [3.63, 3.8) is 0 Å². The number of morpholine rings is 1. The Morgan fingerprint density at radius 2 is 1.75 bits per heavy atom. The Labute approximate surface area is 167 Å². The summed E-state index contributed by atoms with van der Waals surface area (Å²) in [6.07, 6.45) is 0.489. The first-order valence-electron chi connectivity index (χ1n) is 9.94. The number of benzene rings is 2. The molecule has 0 bridgehead atoms. The number of hydrogen-bond donors (Lipinski definition) is 1. The van der Waals surface area contributed by atoms with E-state index in [1.807, 2.05) is 30.3 Å². The van der Waals surface area contributed by atoms with Gasteiger partial charge >= 0.3 is 0 Å². The van der Waals surface area contributed by atoms with Gasteiger partial charge in [0.05, 0.1) is 26.4 Å². The second kappa shape index (κ2) is 10.2. The van der Waals surface area contributed by atoms with Crippen LogP contribution in [-0.2, 0) is 9.53 Å². The van der Waals surface area contributed by atoms with E-state index in [1.165, 1.54) is 11.1 Å². The minimum Gasteiger partial charge on any atom is -0.497 e. The Bertz CT molecular complexity index is 727. The lowest BCUT2D eigenvalue weighted by Crippen LogP contribution is -2.43. The maximum atomic E-state index is 12.6. The molecule has 0 spiro atoms. The van der Waals surface area contributed by atoms with Gasteiger partial charge in [0, 0.05) is 26.1 Å². The molecule has 1 fully saturated rings. The average molecular weight is 383 g/mol. The number of amides is 1. The predicted molar refractivity (Wildman–Crippen MR) is 111 cm³/mol.